The molecule has 2 atom stereocenters. The molecule has 2 unspecified atom stereocenters. The SMILES string of the molecule is CCCC(CC)COC(=O)C(N)CC(C)C. The lowest BCUT2D eigenvalue weighted by Crippen LogP contribution is -2.34. The predicted octanol–water partition coefficient (Wildman–Crippen LogP) is 2.73. The summed E-state index contributed by atoms with van der Waals surface area (Å²) in [5.74, 6) is 0.670. The Morgan fingerprint density at radius 1 is 1.31 bits per heavy atom. The van der Waals surface area contributed by atoms with Crippen LogP contribution in [0.25, 0.3) is 0 Å². The summed E-state index contributed by atoms with van der Waals surface area (Å²) in [5, 5.41) is 0. The fourth-order valence-electron chi connectivity index (χ4n) is 1.72. The van der Waals surface area contributed by atoms with Crippen LogP contribution >= 0.6 is 0 Å². The molecule has 0 aromatic carbocycles. The highest BCUT2D eigenvalue weighted by Crippen LogP contribution is 2.12. The quantitative estimate of drug-likeness (QED) is 0.651. The topological polar surface area (TPSA) is 52.3 Å². The first-order valence-electron chi connectivity index (χ1n) is 6.43. The Kier molecular flexibility index (Phi) is 8.26. The minimum absolute atomic E-state index is 0.247. The average molecular weight is 229 g/mol. The van der Waals surface area contributed by atoms with Gasteiger partial charge in [0.2, 0.25) is 0 Å². The summed E-state index contributed by atoms with van der Waals surface area (Å²) in [5.41, 5.74) is 5.75. The van der Waals surface area contributed by atoms with Crippen molar-refractivity contribution in [3.63, 3.8) is 0 Å². The number of ether oxygens (including phenoxy) is 1. The van der Waals surface area contributed by atoms with Crippen LogP contribution in [-0.4, -0.2) is 18.6 Å². The molecule has 0 spiro atoms. The molecule has 0 aliphatic rings. The van der Waals surface area contributed by atoms with Crippen molar-refractivity contribution >= 4 is 5.97 Å². The maximum atomic E-state index is 11.6. The molecule has 16 heavy (non-hydrogen) atoms. The summed E-state index contributed by atoms with van der Waals surface area (Å²) in [6, 6.07) is -0.459. The van der Waals surface area contributed by atoms with Crippen molar-refractivity contribution in [2.75, 3.05) is 6.61 Å². The van der Waals surface area contributed by atoms with Crippen LogP contribution in [0, 0.1) is 11.8 Å². The molecule has 0 bridgehead atoms. The molecule has 2 N–H and O–H groups in total. The van der Waals surface area contributed by atoms with Gasteiger partial charge in [-0.3, -0.25) is 4.79 Å². The second-order valence-electron chi connectivity index (χ2n) is 4.93. The third-order valence-corrected chi connectivity index (χ3v) is 2.76. The van der Waals surface area contributed by atoms with Crippen molar-refractivity contribution < 1.29 is 9.53 Å². The Balaban J connectivity index is 3.86. The number of hydrogen-bond donors (Lipinski definition) is 1. The van der Waals surface area contributed by atoms with Gasteiger partial charge in [-0.1, -0.05) is 40.5 Å². The monoisotopic (exact) mass is 229 g/mol. The van der Waals surface area contributed by atoms with E-state index < -0.39 is 6.04 Å². The Bertz CT molecular complexity index is 192. The number of esters is 1. The lowest BCUT2D eigenvalue weighted by Gasteiger charge is -2.17. The molecular weight excluding hydrogens is 202 g/mol. The Morgan fingerprint density at radius 3 is 2.38 bits per heavy atom. The lowest BCUT2D eigenvalue weighted by molar-refractivity contribution is -0.147. The van der Waals surface area contributed by atoms with Crippen molar-refractivity contribution in [3.05, 3.63) is 0 Å². The van der Waals surface area contributed by atoms with E-state index in [9.17, 15) is 4.79 Å². The summed E-state index contributed by atoms with van der Waals surface area (Å²) < 4.78 is 5.25. The van der Waals surface area contributed by atoms with E-state index in [0.29, 0.717) is 24.9 Å². The first kappa shape index (κ1) is 15.4. The second-order valence-corrected chi connectivity index (χ2v) is 4.93. The molecule has 0 amide bonds. The van der Waals surface area contributed by atoms with E-state index in [2.05, 4.69) is 27.7 Å². The molecule has 0 radical (unpaired) electrons. The van der Waals surface area contributed by atoms with E-state index in [1.807, 2.05) is 0 Å². The van der Waals surface area contributed by atoms with Gasteiger partial charge in [-0.15, -0.1) is 0 Å². The fraction of sp³-hybridized carbons (Fsp3) is 0.923. The number of nitrogens with two attached hydrogens (primary N) is 1. The first-order valence-corrected chi connectivity index (χ1v) is 6.43. The highest BCUT2D eigenvalue weighted by Gasteiger charge is 2.17. The fourth-order valence-corrected chi connectivity index (χ4v) is 1.72. The molecule has 0 heterocycles. The smallest absolute Gasteiger partial charge is 0.322 e. The van der Waals surface area contributed by atoms with E-state index in [4.69, 9.17) is 10.5 Å². The minimum atomic E-state index is -0.459. The third-order valence-electron chi connectivity index (χ3n) is 2.76. The average Bonchev–Trinajstić information content (AvgIpc) is 2.22. The second kappa shape index (κ2) is 8.57. The van der Waals surface area contributed by atoms with E-state index >= 15 is 0 Å². The van der Waals surface area contributed by atoms with Crippen molar-refractivity contribution in [1.82, 2.24) is 0 Å². The number of carbonyl (C=O) groups excluding carboxylic acids is 1. The van der Waals surface area contributed by atoms with Gasteiger partial charge < -0.3 is 10.5 Å². The van der Waals surface area contributed by atoms with E-state index in [0.717, 1.165) is 19.3 Å². The van der Waals surface area contributed by atoms with Gasteiger partial charge in [0.1, 0.15) is 6.04 Å². The van der Waals surface area contributed by atoms with Crippen molar-refractivity contribution in [2.24, 2.45) is 17.6 Å². The molecule has 0 saturated carbocycles. The zero-order valence-corrected chi connectivity index (χ0v) is 11.2. The largest absolute Gasteiger partial charge is 0.464 e. The molecule has 0 aromatic heterocycles. The van der Waals surface area contributed by atoms with Gasteiger partial charge in [0.15, 0.2) is 0 Å². The highest BCUT2D eigenvalue weighted by atomic mass is 16.5. The molecule has 0 aliphatic carbocycles. The van der Waals surface area contributed by atoms with Crippen LogP contribution in [0.3, 0.4) is 0 Å². The van der Waals surface area contributed by atoms with Gasteiger partial charge in [-0.05, 0) is 24.7 Å². The van der Waals surface area contributed by atoms with E-state index in [1.165, 1.54) is 0 Å². The highest BCUT2D eigenvalue weighted by molar-refractivity contribution is 5.75. The molecule has 0 aliphatic heterocycles. The first-order chi connectivity index (χ1) is 7.51. The van der Waals surface area contributed by atoms with Crippen LogP contribution in [0.4, 0.5) is 0 Å². The van der Waals surface area contributed by atoms with Crippen molar-refractivity contribution in [2.45, 2.75) is 59.4 Å². The number of hydrogen-bond acceptors (Lipinski definition) is 3. The van der Waals surface area contributed by atoms with E-state index in [1.54, 1.807) is 0 Å². The summed E-state index contributed by atoms with van der Waals surface area (Å²) in [7, 11) is 0. The van der Waals surface area contributed by atoms with Crippen molar-refractivity contribution in [3.8, 4) is 0 Å². The molecular formula is C13H27NO2. The lowest BCUT2D eigenvalue weighted by atomic mass is 10.0. The normalized spacial score (nSPS) is 14.9. The number of carbonyl (C=O) groups is 1. The van der Waals surface area contributed by atoms with Crippen LogP contribution in [0.5, 0.6) is 0 Å². The minimum Gasteiger partial charge on any atom is -0.464 e. The Hall–Kier alpha value is -0.570. The van der Waals surface area contributed by atoms with Crippen LogP contribution in [0.1, 0.15) is 53.4 Å². The van der Waals surface area contributed by atoms with Gasteiger partial charge in [0.05, 0.1) is 6.61 Å². The van der Waals surface area contributed by atoms with Gasteiger partial charge >= 0.3 is 5.97 Å². The predicted molar refractivity (Wildman–Crippen MR) is 67.1 cm³/mol. The molecule has 0 saturated heterocycles. The zero-order valence-electron chi connectivity index (χ0n) is 11.2. The van der Waals surface area contributed by atoms with Crippen LogP contribution in [-0.2, 0) is 9.53 Å². The summed E-state index contributed by atoms with van der Waals surface area (Å²) in [6.07, 6.45) is 4.00. The van der Waals surface area contributed by atoms with E-state index in [-0.39, 0.29) is 5.97 Å². The zero-order chi connectivity index (χ0) is 12.6. The molecule has 96 valence electrons. The van der Waals surface area contributed by atoms with Gasteiger partial charge in [-0.25, -0.2) is 0 Å². The van der Waals surface area contributed by atoms with Gasteiger partial charge in [0.25, 0.3) is 0 Å². The summed E-state index contributed by atoms with van der Waals surface area (Å²) in [4.78, 5) is 11.6. The molecule has 3 nitrogen and oxygen atoms in total. The van der Waals surface area contributed by atoms with Gasteiger partial charge in [-0.2, -0.15) is 0 Å². The summed E-state index contributed by atoms with van der Waals surface area (Å²) >= 11 is 0. The Morgan fingerprint density at radius 2 is 1.94 bits per heavy atom. The van der Waals surface area contributed by atoms with Crippen LogP contribution in [0.15, 0.2) is 0 Å². The maximum absolute atomic E-state index is 11.6. The Labute approximate surface area is 99.7 Å². The maximum Gasteiger partial charge on any atom is 0.322 e. The van der Waals surface area contributed by atoms with Crippen LogP contribution < -0.4 is 5.73 Å². The van der Waals surface area contributed by atoms with Gasteiger partial charge in [0, 0.05) is 0 Å². The van der Waals surface area contributed by atoms with Crippen molar-refractivity contribution in [1.29, 1.82) is 0 Å². The molecule has 0 rings (SSSR count). The molecule has 0 aromatic rings. The number of rotatable bonds is 8. The molecule has 3 heteroatoms. The molecule has 0 fully saturated rings. The third kappa shape index (κ3) is 6.83. The summed E-state index contributed by atoms with van der Waals surface area (Å²) in [6.45, 7) is 8.91. The van der Waals surface area contributed by atoms with Crippen LogP contribution in [0.2, 0.25) is 0 Å². The standard InChI is InChI=1S/C13H27NO2/c1-5-7-11(6-2)9-16-13(15)12(14)8-10(3)4/h10-12H,5-9,14H2,1-4H3.